The van der Waals surface area contributed by atoms with Gasteiger partial charge in [-0.15, -0.1) is 0 Å². The Balaban J connectivity index is 2.20. The number of nitrogens with one attached hydrogen (secondary N) is 1. The molecule has 0 saturated heterocycles. The van der Waals surface area contributed by atoms with Crippen LogP contribution in [-0.4, -0.2) is 21.7 Å². The molecular weight excluding hydrogens is 200 g/mol. The zero-order valence-corrected chi connectivity index (χ0v) is 10.3. The van der Waals surface area contributed by atoms with Crippen molar-refractivity contribution in [3.8, 4) is 0 Å². The van der Waals surface area contributed by atoms with E-state index >= 15 is 0 Å². The van der Waals surface area contributed by atoms with E-state index in [-0.39, 0.29) is 5.41 Å². The summed E-state index contributed by atoms with van der Waals surface area (Å²) >= 11 is 0. The molecule has 1 aromatic heterocycles. The molecule has 90 valence electrons. The van der Waals surface area contributed by atoms with Crippen LogP contribution in [0.2, 0.25) is 0 Å². The lowest BCUT2D eigenvalue weighted by molar-refractivity contribution is 0.237. The van der Waals surface area contributed by atoms with E-state index in [2.05, 4.69) is 29.0 Å². The van der Waals surface area contributed by atoms with Crippen LogP contribution in [0.3, 0.4) is 0 Å². The fourth-order valence-corrected chi connectivity index (χ4v) is 2.52. The van der Waals surface area contributed by atoms with Crippen molar-refractivity contribution >= 4 is 0 Å². The van der Waals surface area contributed by atoms with Crippen molar-refractivity contribution in [2.45, 2.75) is 51.4 Å². The van der Waals surface area contributed by atoms with Gasteiger partial charge >= 0.3 is 0 Å². The number of rotatable bonds is 3. The summed E-state index contributed by atoms with van der Waals surface area (Å²) in [7, 11) is 0. The summed E-state index contributed by atoms with van der Waals surface area (Å²) in [5, 5.41) is 7.37. The molecule has 1 aliphatic carbocycles. The van der Waals surface area contributed by atoms with Crippen LogP contribution in [0.25, 0.3) is 0 Å². The Hall–Kier alpha value is -0.900. The maximum absolute atomic E-state index is 5.97. The van der Waals surface area contributed by atoms with Gasteiger partial charge in [0.05, 0.1) is 0 Å². The molecule has 1 aromatic rings. The lowest BCUT2D eigenvalue weighted by atomic mass is 9.70. The molecular formula is C12H22N4. The Morgan fingerprint density at radius 1 is 1.44 bits per heavy atom. The first-order valence-electron chi connectivity index (χ1n) is 6.32. The van der Waals surface area contributed by atoms with Crippen LogP contribution in [0, 0.1) is 5.92 Å². The van der Waals surface area contributed by atoms with Crippen molar-refractivity contribution in [1.82, 2.24) is 15.2 Å². The second-order valence-electron chi connectivity index (χ2n) is 5.13. The van der Waals surface area contributed by atoms with E-state index < -0.39 is 0 Å². The van der Waals surface area contributed by atoms with E-state index in [1.807, 2.05) is 0 Å². The maximum Gasteiger partial charge on any atom is 0.158 e. The van der Waals surface area contributed by atoms with Crippen molar-refractivity contribution in [3.63, 3.8) is 0 Å². The Labute approximate surface area is 97.0 Å². The Bertz CT molecular complexity index is 337. The van der Waals surface area contributed by atoms with Gasteiger partial charge < -0.3 is 5.73 Å². The highest BCUT2D eigenvalue weighted by atomic mass is 15.2. The fourth-order valence-electron chi connectivity index (χ4n) is 2.52. The summed E-state index contributed by atoms with van der Waals surface area (Å²) in [5.41, 5.74) is 6.01. The van der Waals surface area contributed by atoms with E-state index in [0.717, 1.165) is 36.8 Å². The summed E-state index contributed by atoms with van der Waals surface area (Å²) in [6, 6.07) is 0. The molecule has 0 amide bonds. The monoisotopic (exact) mass is 222 g/mol. The van der Waals surface area contributed by atoms with Gasteiger partial charge in [0.15, 0.2) is 5.82 Å². The molecule has 16 heavy (non-hydrogen) atoms. The molecule has 4 nitrogen and oxygen atoms in total. The predicted molar refractivity (Wildman–Crippen MR) is 64.1 cm³/mol. The standard InChI is InChI=1S/C12H22N4/c1-3-10-14-11(16-15-10)12(8-13)6-4-9(2)5-7-12/h9H,3-8,13H2,1-2H3,(H,14,15,16). The quantitative estimate of drug-likeness (QED) is 0.819. The minimum Gasteiger partial charge on any atom is -0.329 e. The van der Waals surface area contributed by atoms with E-state index in [4.69, 9.17) is 5.73 Å². The molecule has 0 aromatic carbocycles. The highest BCUT2D eigenvalue weighted by Crippen LogP contribution is 2.39. The zero-order valence-electron chi connectivity index (χ0n) is 10.3. The van der Waals surface area contributed by atoms with Crippen molar-refractivity contribution in [2.75, 3.05) is 6.54 Å². The highest BCUT2D eigenvalue weighted by Gasteiger charge is 2.37. The second-order valence-corrected chi connectivity index (χ2v) is 5.13. The van der Waals surface area contributed by atoms with Gasteiger partial charge in [0, 0.05) is 18.4 Å². The number of nitrogens with zero attached hydrogens (tertiary/aromatic N) is 2. The largest absolute Gasteiger partial charge is 0.329 e. The van der Waals surface area contributed by atoms with Gasteiger partial charge in [-0.25, -0.2) is 4.98 Å². The highest BCUT2D eigenvalue weighted by molar-refractivity contribution is 5.11. The van der Waals surface area contributed by atoms with Crippen LogP contribution < -0.4 is 5.73 Å². The minimum absolute atomic E-state index is 0.0381. The van der Waals surface area contributed by atoms with Crippen LogP contribution in [0.5, 0.6) is 0 Å². The van der Waals surface area contributed by atoms with Gasteiger partial charge in [-0.2, -0.15) is 5.10 Å². The van der Waals surface area contributed by atoms with E-state index in [1.165, 1.54) is 12.8 Å². The van der Waals surface area contributed by atoms with Crippen molar-refractivity contribution in [3.05, 3.63) is 11.6 Å². The van der Waals surface area contributed by atoms with Crippen LogP contribution >= 0.6 is 0 Å². The van der Waals surface area contributed by atoms with E-state index in [1.54, 1.807) is 0 Å². The topological polar surface area (TPSA) is 67.6 Å². The third-order valence-electron chi connectivity index (χ3n) is 3.96. The molecule has 1 saturated carbocycles. The van der Waals surface area contributed by atoms with Gasteiger partial charge in [-0.1, -0.05) is 13.8 Å². The summed E-state index contributed by atoms with van der Waals surface area (Å²) in [6.45, 7) is 5.07. The van der Waals surface area contributed by atoms with Gasteiger partial charge in [0.2, 0.25) is 0 Å². The number of hydrogen-bond donors (Lipinski definition) is 2. The van der Waals surface area contributed by atoms with Crippen molar-refractivity contribution in [1.29, 1.82) is 0 Å². The SMILES string of the molecule is CCc1nc(C2(CN)CCC(C)CC2)n[nH]1. The molecule has 0 bridgehead atoms. The van der Waals surface area contributed by atoms with Crippen LogP contribution in [-0.2, 0) is 11.8 Å². The first-order valence-corrected chi connectivity index (χ1v) is 6.32. The molecule has 1 aliphatic rings. The molecule has 1 fully saturated rings. The van der Waals surface area contributed by atoms with E-state index in [0.29, 0.717) is 6.54 Å². The normalized spacial score (nSPS) is 30.6. The summed E-state index contributed by atoms with van der Waals surface area (Å²) in [6.07, 6.45) is 5.65. The smallest absolute Gasteiger partial charge is 0.158 e. The minimum atomic E-state index is 0.0381. The average molecular weight is 222 g/mol. The molecule has 0 spiro atoms. The molecule has 4 heteroatoms. The molecule has 3 N–H and O–H groups in total. The maximum atomic E-state index is 5.97. The Morgan fingerprint density at radius 3 is 2.62 bits per heavy atom. The lowest BCUT2D eigenvalue weighted by Crippen LogP contribution is -2.39. The number of aromatic nitrogens is 3. The third-order valence-corrected chi connectivity index (χ3v) is 3.96. The molecule has 0 radical (unpaired) electrons. The molecule has 2 rings (SSSR count). The molecule has 0 atom stereocenters. The van der Waals surface area contributed by atoms with Crippen LogP contribution in [0.15, 0.2) is 0 Å². The molecule has 0 unspecified atom stereocenters. The van der Waals surface area contributed by atoms with Gasteiger partial charge in [-0.3, -0.25) is 5.10 Å². The van der Waals surface area contributed by atoms with Crippen LogP contribution in [0.1, 0.15) is 51.2 Å². The number of H-pyrrole nitrogens is 1. The summed E-state index contributed by atoms with van der Waals surface area (Å²) < 4.78 is 0. The predicted octanol–water partition coefficient (Wildman–Crippen LogP) is 1.77. The molecule has 1 heterocycles. The Kier molecular flexibility index (Phi) is 3.28. The molecule has 0 aliphatic heterocycles. The van der Waals surface area contributed by atoms with Crippen LogP contribution in [0.4, 0.5) is 0 Å². The van der Waals surface area contributed by atoms with Gasteiger partial charge in [-0.05, 0) is 31.6 Å². The second kappa shape index (κ2) is 4.53. The van der Waals surface area contributed by atoms with Gasteiger partial charge in [0.25, 0.3) is 0 Å². The van der Waals surface area contributed by atoms with Crippen molar-refractivity contribution in [2.24, 2.45) is 11.7 Å². The zero-order chi connectivity index (χ0) is 11.6. The Morgan fingerprint density at radius 2 is 2.12 bits per heavy atom. The third kappa shape index (κ3) is 1.98. The average Bonchev–Trinajstić information content (AvgIpc) is 2.80. The number of nitrogens with two attached hydrogens (primary N) is 1. The summed E-state index contributed by atoms with van der Waals surface area (Å²) in [4.78, 5) is 4.57. The fraction of sp³-hybridized carbons (Fsp3) is 0.833. The van der Waals surface area contributed by atoms with Gasteiger partial charge in [0.1, 0.15) is 5.82 Å². The number of aromatic amines is 1. The number of hydrogen-bond acceptors (Lipinski definition) is 3. The first-order chi connectivity index (χ1) is 7.70. The number of aryl methyl sites for hydroxylation is 1. The first kappa shape index (κ1) is 11.6. The summed E-state index contributed by atoms with van der Waals surface area (Å²) in [5.74, 6) is 2.74. The van der Waals surface area contributed by atoms with E-state index in [9.17, 15) is 0 Å². The lowest BCUT2D eigenvalue weighted by Gasteiger charge is -2.36. The van der Waals surface area contributed by atoms with Crippen molar-refractivity contribution < 1.29 is 0 Å².